The summed E-state index contributed by atoms with van der Waals surface area (Å²) >= 11 is 5.48. The van der Waals surface area contributed by atoms with Crippen molar-refractivity contribution in [3.05, 3.63) is 36.0 Å². The van der Waals surface area contributed by atoms with Crippen molar-refractivity contribution in [2.24, 2.45) is 44.3 Å². The van der Waals surface area contributed by atoms with Gasteiger partial charge in [-0.1, -0.05) is 142 Å². The molecule has 0 bridgehead atoms. The van der Waals surface area contributed by atoms with Crippen LogP contribution in [0.3, 0.4) is 0 Å². The fraction of sp³-hybridized carbons (Fsp3) is 0.750. The highest BCUT2D eigenvalue weighted by atomic mass is 35.5. The van der Waals surface area contributed by atoms with Gasteiger partial charge in [-0.3, -0.25) is 0 Å². The van der Waals surface area contributed by atoms with Crippen LogP contribution in [0.4, 0.5) is 0 Å². The Morgan fingerprint density at radius 3 is 1.17 bits per heavy atom. The molecule has 48 heavy (non-hydrogen) atoms. The zero-order valence-electron chi connectivity index (χ0n) is 35.6. The number of hydrogen-bond acceptors (Lipinski definition) is 3. The van der Waals surface area contributed by atoms with Gasteiger partial charge < -0.3 is 0 Å². The Morgan fingerprint density at radius 1 is 0.729 bits per heavy atom. The first-order chi connectivity index (χ1) is 21.2. The molecule has 1 aliphatic rings. The first-order valence-corrected chi connectivity index (χ1v) is 17.9. The third kappa shape index (κ3) is 53.0. The van der Waals surface area contributed by atoms with Crippen LogP contribution in [-0.2, 0) is 0 Å². The van der Waals surface area contributed by atoms with Crippen LogP contribution >= 0.6 is 11.6 Å². The molecular weight excluding hydrogens is 606 g/mol. The highest BCUT2D eigenvalue weighted by Crippen LogP contribution is 2.35. The Balaban J connectivity index is -0.000000157. The van der Waals surface area contributed by atoms with E-state index in [1.165, 1.54) is 12.8 Å². The summed E-state index contributed by atoms with van der Waals surface area (Å²) in [5, 5.41) is 25.8. The highest BCUT2D eigenvalue weighted by Gasteiger charge is 2.24. The molecule has 1 saturated carbocycles. The molecule has 0 heterocycles. The molecule has 3 nitrogen and oxygen atoms in total. The van der Waals surface area contributed by atoms with Crippen LogP contribution < -0.4 is 0 Å². The molecule has 0 N–H and O–H groups in total. The minimum absolute atomic E-state index is 0.000972. The van der Waals surface area contributed by atoms with E-state index in [0.29, 0.717) is 29.1 Å². The van der Waals surface area contributed by atoms with Crippen molar-refractivity contribution < 1.29 is 0 Å². The largest absolute Gasteiger partial charge is 0.198 e. The maximum Gasteiger partial charge on any atom is 0.0949 e. The molecule has 1 aliphatic carbocycles. The minimum atomic E-state index is -0.000972. The van der Waals surface area contributed by atoms with E-state index >= 15 is 0 Å². The summed E-state index contributed by atoms with van der Waals surface area (Å²) in [5.41, 5.74) is 2.86. The van der Waals surface area contributed by atoms with E-state index in [2.05, 4.69) is 181 Å². The molecule has 0 radical (unpaired) electrons. The molecule has 0 unspecified atom stereocenters. The van der Waals surface area contributed by atoms with Crippen LogP contribution in [0.15, 0.2) is 36.0 Å². The van der Waals surface area contributed by atoms with Crippen LogP contribution in [-0.4, -0.2) is 5.88 Å². The Morgan fingerprint density at radius 2 is 1.08 bits per heavy atom. The van der Waals surface area contributed by atoms with Crippen molar-refractivity contribution in [3.8, 4) is 30.0 Å². The number of nitriles is 3. The van der Waals surface area contributed by atoms with E-state index in [1.807, 2.05) is 19.1 Å². The first kappa shape index (κ1) is 55.0. The van der Waals surface area contributed by atoms with Crippen molar-refractivity contribution in [1.82, 2.24) is 0 Å². The summed E-state index contributed by atoms with van der Waals surface area (Å²) in [5.74, 6) is 7.81. The van der Waals surface area contributed by atoms with Gasteiger partial charge in [-0.25, -0.2) is 0 Å². The SMILES string of the molecule is C=CC(C)(C)C.CC#CC(C)(C)C.CC(C)(C)/C(C#N)=C/C1CC1.CC(C)(C)CC#N.CC(C)(C)CCl.CC(C)/C=C(\C#N)C(C)(C)C. The average molecular weight is 685 g/mol. The number of alkyl halides is 1. The maximum atomic E-state index is 8.82. The summed E-state index contributed by atoms with van der Waals surface area (Å²) in [4.78, 5) is 0. The molecule has 0 atom stereocenters. The summed E-state index contributed by atoms with van der Waals surface area (Å²) < 4.78 is 0. The number of allylic oxidation sites excluding steroid dienone is 5. The maximum absolute atomic E-state index is 8.82. The van der Waals surface area contributed by atoms with E-state index in [-0.39, 0.29) is 21.7 Å². The third-order valence-corrected chi connectivity index (χ3v) is 6.31. The fourth-order valence-electron chi connectivity index (χ4n) is 2.35. The molecule has 4 heteroatoms. The molecule has 0 aromatic heterocycles. The predicted molar refractivity (Wildman–Crippen MR) is 216 cm³/mol. The summed E-state index contributed by atoms with van der Waals surface area (Å²) in [7, 11) is 0. The molecule has 0 aromatic carbocycles. The van der Waals surface area contributed by atoms with Crippen molar-refractivity contribution in [3.63, 3.8) is 0 Å². The number of rotatable bonds is 2. The normalized spacial score (nSPS) is 13.4. The molecule has 0 amide bonds. The average Bonchev–Trinajstić information content (AvgIpc) is 3.68. The van der Waals surface area contributed by atoms with Gasteiger partial charge in [0.15, 0.2) is 0 Å². The topological polar surface area (TPSA) is 71.4 Å². The zero-order chi connectivity index (χ0) is 39.8. The summed E-state index contributed by atoms with van der Waals surface area (Å²) in [6, 6.07) is 6.62. The molecule has 0 saturated heterocycles. The molecule has 276 valence electrons. The van der Waals surface area contributed by atoms with Crippen LogP contribution in [0.25, 0.3) is 0 Å². The summed E-state index contributed by atoms with van der Waals surface area (Å²) in [6.07, 6.45) is 9.31. The van der Waals surface area contributed by atoms with Gasteiger partial charge in [-0.15, -0.1) is 24.1 Å². The van der Waals surface area contributed by atoms with Gasteiger partial charge in [0, 0.05) is 28.9 Å². The van der Waals surface area contributed by atoms with Gasteiger partial charge in [-0.2, -0.15) is 15.8 Å². The molecule has 0 aromatic rings. The molecule has 0 spiro atoms. The van der Waals surface area contributed by atoms with Crippen molar-refractivity contribution in [1.29, 1.82) is 15.8 Å². The van der Waals surface area contributed by atoms with E-state index in [0.717, 1.165) is 17.0 Å². The van der Waals surface area contributed by atoms with Gasteiger partial charge in [-0.05, 0) is 79.4 Å². The smallest absolute Gasteiger partial charge is 0.0949 e. The second-order valence-electron chi connectivity index (χ2n) is 19.3. The first-order valence-electron chi connectivity index (χ1n) is 17.4. The minimum Gasteiger partial charge on any atom is -0.198 e. The Bertz CT molecular complexity index is 1060. The van der Waals surface area contributed by atoms with Gasteiger partial charge in [0.2, 0.25) is 0 Å². The van der Waals surface area contributed by atoms with Crippen LogP contribution in [0.1, 0.15) is 165 Å². The fourth-order valence-corrected chi connectivity index (χ4v) is 2.35. The molecule has 1 fully saturated rings. The van der Waals surface area contributed by atoms with Crippen molar-refractivity contribution in [2.45, 2.75) is 165 Å². The lowest BCUT2D eigenvalue weighted by Gasteiger charge is -2.17. The highest BCUT2D eigenvalue weighted by molar-refractivity contribution is 6.18. The second kappa shape index (κ2) is 25.5. The lowest BCUT2D eigenvalue weighted by molar-refractivity contribution is 0.426. The predicted octanol–water partition coefficient (Wildman–Crippen LogP) is 14.5. The lowest BCUT2D eigenvalue weighted by Crippen LogP contribution is -2.08. The standard InChI is InChI=1S/C10H15N.C10H17N.C7H12.C6H11N.C6H12.C5H11Cl/c1-10(2,3)9(7-11)6-8-4-5-8;1-8(2)6-9(7-11)10(3,4)5;1-5-6-7(2,3)4;1-6(2,3)4-5-7;1-5-6(2,3)4;1-5(2,3)4-6/h6,8H,4-5H2,1-3H3;6,8H,1-5H3;1-4H3;4H2,1-3H3;5H,1H2,2-4H3;4H2,1-3H3/b2*9-6+;;;;. The van der Waals surface area contributed by atoms with E-state index in [1.54, 1.807) is 0 Å². The summed E-state index contributed by atoms with van der Waals surface area (Å²) in [6.45, 7) is 47.3. The third-order valence-electron chi connectivity index (χ3n) is 5.50. The van der Waals surface area contributed by atoms with Gasteiger partial charge in [0.05, 0.1) is 18.2 Å². The van der Waals surface area contributed by atoms with Crippen LogP contribution in [0.2, 0.25) is 0 Å². The number of halogens is 1. The van der Waals surface area contributed by atoms with Crippen LogP contribution in [0, 0.1) is 90.2 Å². The van der Waals surface area contributed by atoms with Crippen molar-refractivity contribution in [2.75, 3.05) is 5.88 Å². The van der Waals surface area contributed by atoms with Gasteiger partial charge in [0.25, 0.3) is 0 Å². The monoisotopic (exact) mass is 684 g/mol. The molecule has 0 aliphatic heterocycles. The van der Waals surface area contributed by atoms with Gasteiger partial charge >= 0.3 is 0 Å². The van der Waals surface area contributed by atoms with E-state index < -0.39 is 0 Å². The van der Waals surface area contributed by atoms with E-state index in [4.69, 9.17) is 27.4 Å². The van der Waals surface area contributed by atoms with Crippen LogP contribution in [0.5, 0.6) is 0 Å². The lowest BCUT2D eigenvalue weighted by atomic mass is 9.85. The number of hydrogen-bond donors (Lipinski definition) is 0. The Hall–Kier alpha value is -2.46. The second-order valence-corrected chi connectivity index (χ2v) is 19.5. The molecule has 1 rings (SSSR count). The quantitative estimate of drug-likeness (QED) is 0.126. The van der Waals surface area contributed by atoms with Crippen molar-refractivity contribution >= 4 is 11.6 Å². The Labute approximate surface area is 307 Å². The zero-order valence-corrected chi connectivity index (χ0v) is 36.4. The Kier molecular flexibility index (Phi) is 29.2. The van der Waals surface area contributed by atoms with E-state index in [9.17, 15) is 0 Å². The molecular formula is C44H78ClN3. The number of nitrogens with zero attached hydrogens (tertiary/aromatic N) is 3. The van der Waals surface area contributed by atoms with Gasteiger partial charge in [0.1, 0.15) is 0 Å².